The SMILES string of the molecule is N#C[C@@H]1CCOc2ccccc21. The Kier molecular flexibility index (Phi) is 1.71. The lowest BCUT2D eigenvalue weighted by molar-refractivity contribution is 0.280. The van der Waals surface area contributed by atoms with Crippen molar-refractivity contribution in [2.24, 2.45) is 0 Å². The average molecular weight is 159 g/mol. The van der Waals surface area contributed by atoms with Crippen LogP contribution in [-0.4, -0.2) is 6.61 Å². The Balaban J connectivity index is 2.45. The van der Waals surface area contributed by atoms with Gasteiger partial charge in [0.2, 0.25) is 0 Å². The molecule has 1 aromatic rings. The summed E-state index contributed by atoms with van der Waals surface area (Å²) < 4.78 is 5.40. The van der Waals surface area contributed by atoms with Crippen LogP contribution in [0.3, 0.4) is 0 Å². The van der Waals surface area contributed by atoms with Crippen molar-refractivity contribution in [3.63, 3.8) is 0 Å². The third-order valence-corrected chi connectivity index (χ3v) is 2.11. The summed E-state index contributed by atoms with van der Waals surface area (Å²) in [5.41, 5.74) is 1.03. The molecule has 0 fully saturated rings. The Morgan fingerprint density at radius 2 is 2.25 bits per heavy atom. The van der Waals surface area contributed by atoms with E-state index >= 15 is 0 Å². The van der Waals surface area contributed by atoms with E-state index in [9.17, 15) is 0 Å². The van der Waals surface area contributed by atoms with Crippen LogP contribution in [-0.2, 0) is 0 Å². The number of hydrogen-bond donors (Lipinski definition) is 0. The van der Waals surface area contributed by atoms with Gasteiger partial charge < -0.3 is 4.74 Å². The van der Waals surface area contributed by atoms with Gasteiger partial charge in [0, 0.05) is 12.0 Å². The second-order valence-electron chi connectivity index (χ2n) is 2.86. The minimum atomic E-state index is 0.0231. The van der Waals surface area contributed by atoms with Crippen molar-refractivity contribution < 1.29 is 4.74 Å². The molecule has 2 rings (SSSR count). The number of rotatable bonds is 0. The molecule has 1 heterocycles. The molecule has 0 amide bonds. The van der Waals surface area contributed by atoms with E-state index in [4.69, 9.17) is 10.00 Å². The maximum atomic E-state index is 8.83. The molecule has 0 saturated carbocycles. The van der Waals surface area contributed by atoms with Gasteiger partial charge >= 0.3 is 0 Å². The van der Waals surface area contributed by atoms with E-state index in [0.29, 0.717) is 6.61 Å². The molecule has 0 bridgehead atoms. The van der Waals surface area contributed by atoms with Crippen LogP contribution in [0.4, 0.5) is 0 Å². The molecule has 2 nitrogen and oxygen atoms in total. The topological polar surface area (TPSA) is 33.0 Å². The van der Waals surface area contributed by atoms with Gasteiger partial charge in [-0.1, -0.05) is 18.2 Å². The van der Waals surface area contributed by atoms with E-state index in [2.05, 4.69) is 6.07 Å². The molecular formula is C10H9NO. The van der Waals surface area contributed by atoms with Crippen molar-refractivity contribution in [3.8, 4) is 11.8 Å². The summed E-state index contributed by atoms with van der Waals surface area (Å²) in [7, 11) is 0. The van der Waals surface area contributed by atoms with Crippen LogP contribution in [0.1, 0.15) is 17.9 Å². The molecule has 0 unspecified atom stereocenters. The highest BCUT2D eigenvalue weighted by Gasteiger charge is 2.19. The van der Waals surface area contributed by atoms with E-state index in [1.165, 1.54) is 0 Å². The summed E-state index contributed by atoms with van der Waals surface area (Å²) in [5.74, 6) is 0.894. The van der Waals surface area contributed by atoms with Gasteiger partial charge in [0.15, 0.2) is 0 Å². The maximum Gasteiger partial charge on any atom is 0.123 e. The Hall–Kier alpha value is -1.49. The van der Waals surface area contributed by atoms with Gasteiger partial charge in [-0.2, -0.15) is 5.26 Å². The fourth-order valence-corrected chi connectivity index (χ4v) is 1.48. The number of fused-ring (bicyclic) bond motifs is 1. The number of ether oxygens (including phenoxy) is 1. The molecule has 1 atom stereocenters. The zero-order valence-electron chi connectivity index (χ0n) is 6.66. The minimum absolute atomic E-state index is 0.0231. The number of hydrogen-bond acceptors (Lipinski definition) is 2. The third kappa shape index (κ3) is 1.04. The van der Waals surface area contributed by atoms with Gasteiger partial charge in [-0.3, -0.25) is 0 Å². The molecule has 2 heteroatoms. The van der Waals surface area contributed by atoms with Crippen molar-refractivity contribution in [3.05, 3.63) is 29.8 Å². The van der Waals surface area contributed by atoms with Crippen LogP contribution in [0.5, 0.6) is 5.75 Å². The van der Waals surface area contributed by atoms with Gasteiger partial charge in [0.25, 0.3) is 0 Å². The van der Waals surface area contributed by atoms with Gasteiger partial charge in [-0.25, -0.2) is 0 Å². The first-order valence-corrected chi connectivity index (χ1v) is 4.03. The van der Waals surface area contributed by atoms with E-state index in [0.717, 1.165) is 17.7 Å². The zero-order valence-corrected chi connectivity index (χ0v) is 6.66. The lowest BCUT2D eigenvalue weighted by Crippen LogP contribution is -2.12. The smallest absolute Gasteiger partial charge is 0.123 e. The highest BCUT2D eigenvalue weighted by molar-refractivity contribution is 5.40. The van der Waals surface area contributed by atoms with Gasteiger partial charge in [-0.15, -0.1) is 0 Å². The zero-order chi connectivity index (χ0) is 8.39. The number of nitrogens with zero attached hydrogens (tertiary/aromatic N) is 1. The van der Waals surface area contributed by atoms with Crippen LogP contribution in [0, 0.1) is 11.3 Å². The van der Waals surface area contributed by atoms with Crippen LogP contribution >= 0.6 is 0 Å². The quantitative estimate of drug-likeness (QED) is 0.580. The van der Waals surface area contributed by atoms with Gasteiger partial charge in [-0.05, 0) is 6.07 Å². The van der Waals surface area contributed by atoms with Crippen LogP contribution in [0.2, 0.25) is 0 Å². The molecule has 1 aliphatic rings. The predicted octanol–water partition coefficient (Wildman–Crippen LogP) is 2.08. The molecule has 0 aliphatic carbocycles. The fourth-order valence-electron chi connectivity index (χ4n) is 1.48. The highest BCUT2D eigenvalue weighted by atomic mass is 16.5. The predicted molar refractivity (Wildman–Crippen MR) is 44.9 cm³/mol. The summed E-state index contributed by atoms with van der Waals surface area (Å²) in [6.07, 6.45) is 0.813. The van der Waals surface area contributed by atoms with Crippen LogP contribution in [0.25, 0.3) is 0 Å². The molecule has 0 radical (unpaired) electrons. The molecule has 12 heavy (non-hydrogen) atoms. The lowest BCUT2D eigenvalue weighted by atomic mass is 9.95. The Morgan fingerprint density at radius 3 is 3.08 bits per heavy atom. The van der Waals surface area contributed by atoms with Crippen molar-refractivity contribution in [2.45, 2.75) is 12.3 Å². The summed E-state index contributed by atoms with van der Waals surface area (Å²) in [6, 6.07) is 10.0. The number of benzene rings is 1. The lowest BCUT2D eigenvalue weighted by Gasteiger charge is -2.20. The first-order chi connectivity index (χ1) is 5.92. The molecular weight excluding hydrogens is 150 g/mol. The number of nitriles is 1. The average Bonchev–Trinajstić information content (AvgIpc) is 2.17. The van der Waals surface area contributed by atoms with Gasteiger partial charge in [0.1, 0.15) is 5.75 Å². The van der Waals surface area contributed by atoms with Crippen molar-refractivity contribution in [1.29, 1.82) is 5.26 Å². The van der Waals surface area contributed by atoms with E-state index in [-0.39, 0.29) is 5.92 Å². The minimum Gasteiger partial charge on any atom is -0.493 e. The van der Waals surface area contributed by atoms with Gasteiger partial charge in [0.05, 0.1) is 18.6 Å². The molecule has 0 spiro atoms. The Bertz CT molecular complexity index is 327. The summed E-state index contributed by atoms with van der Waals surface area (Å²) in [5, 5.41) is 8.83. The second-order valence-corrected chi connectivity index (χ2v) is 2.86. The fraction of sp³-hybridized carbons (Fsp3) is 0.300. The number of para-hydroxylation sites is 1. The van der Waals surface area contributed by atoms with Crippen LogP contribution < -0.4 is 4.74 Å². The Morgan fingerprint density at radius 1 is 1.42 bits per heavy atom. The first-order valence-electron chi connectivity index (χ1n) is 4.03. The van der Waals surface area contributed by atoms with E-state index < -0.39 is 0 Å². The van der Waals surface area contributed by atoms with E-state index in [1.54, 1.807) is 0 Å². The molecule has 1 aromatic carbocycles. The monoisotopic (exact) mass is 159 g/mol. The third-order valence-electron chi connectivity index (χ3n) is 2.11. The first kappa shape index (κ1) is 7.17. The standard InChI is InChI=1S/C10H9NO/c11-7-8-5-6-12-10-4-2-1-3-9(8)10/h1-4,8H,5-6H2/t8-/m0/s1. The molecule has 0 N–H and O–H groups in total. The largest absolute Gasteiger partial charge is 0.493 e. The summed E-state index contributed by atoms with van der Waals surface area (Å²) >= 11 is 0. The summed E-state index contributed by atoms with van der Waals surface area (Å²) in [4.78, 5) is 0. The summed E-state index contributed by atoms with van der Waals surface area (Å²) in [6.45, 7) is 0.662. The second kappa shape index (κ2) is 2.86. The molecule has 1 aliphatic heterocycles. The molecule has 60 valence electrons. The molecule has 0 aromatic heterocycles. The van der Waals surface area contributed by atoms with Crippen LogP contribution in [0.15, 0.2) is 24.3 Å². The Labute approximate surface area is 71.4 Å². The van der Waals surface area contributed by atoms with Crippen molar-refractivity contribution in [1.82, 2.24) is 0 Å². The van der Waals surface area contributed by atoms with E-state index in [1.807, 2.05) is 24.3 Å². The molecule has 0 saturated heterocycles. The van der Waals surface area contributed by atoms with Crippen molar-refractivity contribution in [2.75, 3.05) is 6.61 Å². The van der Waals surface area contributed by atoms with Crippen molar-refractivity contribution >= 4 is 0 Å². The highest BCUT2D eigenvalue weighted by Crippen LogP contribution is 2.32. The maximum absolute atomic E-state index is 8.83. The normalized spacial score (nSPS) is 20.4.